The van der Waals surface area contributed by atoms with E-state index in [1.54, 1.807) is 0 Å². The number of rotatable bonds is 2. The summed E-state index contributed by atoms with van der Waals surface area (Å²) in [5.41, 5.74) is 2.08. The molecule has 0 aromatic heterocycles. The van der Waals surface area contributed by atoms with Crippen molar-refractivity contribution in [1.29, 1.82) is 0 Å². The third kappa shape index (κ3) is 2.61. The van der Waals surface area contributed by atoms with Crippen LogP contribution in [0.5, 0.6) is 0 Å². The number of hydrogen-bond acceptors (Lipinski definition) is 2. The molecule has 7 atom stereocenters. The molecule has 0 spiro atoms. The highest BCUT2D eigenvalue weighted by molar-refractivity contribution is 5.79. The summed E-state index contributed by atoms with van der Waals surface area (Å²) in [6, 6.07) is 0. The molecule has 4 rings (SSSR count). The molecule has 0 bridgehead atoms. The predicted molar refractivity (Wildman–Crippen MR) is 98.0 cm³/mol. The monoisotopic (exact) mass is 344 g/mol. The van der Waals surface area contributed by atoms with Gasteiger partial charge < -0.3 is 10.2 Å². The van der Waals surface area contributed by atoms with Crippen molar-refractivity contribution in [1.82, 2.24) is 0 Å². The molecule has 0 saturated heterocycles. The summed E-state index contributed by atoms with van der Waals surface area (Å²) in [4.78, 5) is 11.0. The first-order valence-electron chi connectivity index (χ1n) is 10.1. The molecule has 0 unspecified atom stereocenters. The van der Waals surface area contributed by atoms with Crippen molar-refractivity contribution in [2.24, 2.45) is 34.5 Å². The molecule has 3 saturated carbocycles. The van der Waals surface area contributed by atoms with Crippen molar-refractivity contribution in [2.45, 2.75) is 71.3 Å². The minimum Gasteiger partial charge on any atom is -0.478 e. The lowest BCUT2D eigenvalue weighted by atomic mass is 9.47. The van der Waals surface area contributed by atoms with Crippen molar-refractivity contribution in [3.05, 3.63) is 23.8 Å². The van der Waals surface area contributed by atoms with Gasteiger partial charge in [0.05, 0.1) is 6.10 Å². The summed E-state index contributed by atoms with van der Waals surface area (Å²) in [6.07, 6.45) is 14.7. The summed E-state index contributed by atoms with van der Waals surface area (Å²) >= 11 is 0. The Morgan fingerprint density at radius 3 is 2.72 bits per heavy atom. The predicted octanol–water partition coefficient (Wildman–Crippen LogP) is 4.57. The van der Waals surface area contributed by atoms with Crippen LogP contribution in [0.15, 0.2) is 23.8 Å². The number of carboxylic acids is 1. The number of aliphatic hydroxyl groups is 1. The van der Waals surface area contributed by atoms with Crippen LogP contribution in [0, 0.1) is 34.5 Å². The van der Waals surface area contributed by atoms with Crippen molar-refractivity contribution in [2.75, 3.05) is 0 Å². The van der Waals surface area contributed by atoms with Crippen molar-refractivity contribution in [3.63, 3.8) is 0 Å². The van der Waals surface area contributed by atoms with Gasteiger partial charge in [-0.05, 0) is 85.9 Å². The Bertz CT molecular complexity index is 621. The first kappa shape index (κ1) is 17.3. The van der Waals surface area contributed by atoms with E-state index in [2.05, 4.69) is 19.9 Å². The normalized spacial score (nSPS) is 49.2. The van der Waals surface area contributed by atoms with E-state index in [1.165, 1.54) is 30.9 Å². The largest absolute Gasteiger partial charge is 0.478 e. The molecular weight excluding hydrogens is 312 g/mol. The van der Waals surface area contributed by atoms with Gasteiger partial charge in [0.25, 0.3) is 0 Å². The first-order valence-corrected chi connectivity index (χ1v) is 10.1. The van der Waals surface area contributed by atoms with Gasteiger partial charge in [0, 0.05) is 6.08 Å². The smallest absolute Gasteiger partial charge is 0.327 e. The maximum absolute atomic E-state index is 11.0. The van der Waals surface area contributed by atoms with E-state index in [0.29, 0.717) is 11.3 Å². The van der Waals surface area contributed by atoms with E-state index >= 15 is 0 Å². The van der Waals surface area contributed by atoms with Crippen LogP contribution in [0.4, 0.5) is 0 Å². The molecule has 0 radical (unpaired) electrons. The van der Waals surface area contributed by atoms with E-state index < -0.39 is 5.97 Å². The van der Waals surface area contributed by atoms with Crippen LogP contribution in [-0.4, -0.2) is 22.3 Å². The van der Waals surface area contributed by atoms with Crippen molar-refractivity contribution in [3.8, 4) is 0 Å². The summed E-state index contributed by atoms with van der Waals surface area (Å²) < 4.78 is 0. The second kappa shape index (κ2) is 5.97. The summed E-state index contributed by atoms with van der Waals surface area (Å²) in [5, 5.41) is 19.1. The molecular formula is C22H32O3. The highest BCUT2D eigenvalue weighted by atomic mass is 16.4. The van der Waals surface area contributed by atoms with Crippen LogP contribution >= 0.6 is 0 Å². The quantitative estimate of drug-likeness (QED) is 0.570. The maximum Gasteiger partial charge on any atom is 0.327 e. The van der Waals surface area contributed by atoms with E-state index in [0.717, 1.165) is 49.9 Å². The van der Waals surface area contributed by atoms with Gasteiger partial charge >= 0.3 is 5.97 Å². The molecule has 3 nitrogen and oxygen atoms in total. The summed E-state index contributed by atoms with van der Waals surface area (Å²) in [7, 11) is 0. The van der Waals surface area contributed by atoms with E-state index in [4.69, 9.17) is 5.11 Å². The van der Waals surface area contributed by atoms with Crippen LogP contribution < -0.4 is 0 Å². The van der Waals surface area contributed by atoms with E-state index in [-0.39, 0.29) is 11.5 Å². The molecule has 0 aromatic carbocycles. The van der Waals surface area contributed by atoms with E-state index in [1.807, 2.05) is 6.08 Å². The van der Waals surface area contributed by atoms with Gasteiger partial charge in [0.2, 0.25) is 0 Å². The third-order valence-electron chi connectivity index (χ3n) is 8.62. The minimum atomic E-state index is -0.820. The Labute approximate surface area is 151 Å². The van der Waals surface area contributed by atoms with E-state index in [9.17, 15) is 9.90 Å². The molecule has 4 aliphatic rings. The molecule has 25 heavy (non-hydrogen) atoms. The summed E-state index contributed by atoms with van der Waals surface area (Å²) in [5.74, 6) is 1.81. The minimum absolute atomic E-state index is 0.137. The van der Waals surface area contributed by atoms with Crippen molar-refractivity contribution < 1.29 is 15.0 Å². The Hall–Kier alpha value is -1.09. The fraction of sp³-hybridized carbons (Fsp3) is 0.773. The molecule has 0 heterocycles. The second-order valence-corrected chi connectivity index (χ2v) is 9.58. The number of hydrogen-bond donors (Lipinski definition) is 2. The van der Waals surface area contributed by atoms with Gasteiger partial charge in [-0.2, -0.15) is 0 Å². The van der Waals surface area contributed by atoms with Crippen molar-refractivity contribution >= 4 is 5.97 Å². The first-order chi connectivity index (χ1) is 11.8. The SMILES string of the molecule is C[C@]12CC[C@H]3[C@@H](CC=C4C[C@@H](O)CC[C@@]43C)[C@@H]1CC[C@@H]2/C=C/C(=O)O. The second-order valence-electron chi connectivity index (χ2n) is 9.58. The molecule has 4 aliphatic carbocycles. The van der Waals surface area contributed by atoms with Gasteiger partial charge in [-0.1, -0.05) is 31.6 Å². The lowest BCUT2D eigenvalue weighted by Crippen LogP contribution is -2.50. The summed E-state index contributed by atoms with van der Waals surface area (Å²) in [6.45, 7) is 4.88. The Morgan fingerprint density at radius 1 is 1.16 bits per heavy atom. The zero-order valence-electron chi connectivity index (χ0n) is 15.6. The lowest BCUT2D eigenvalue weighted by molar-refractivity contribution is -0.131. The maximum atomic E-state index is 11.0. The molecule has 0 amide bonds. The zero-order valence-corrected chi connectivity index (χ0v) is 15.6. The molecule has 0 aliphatic heterocycles. The van der Waals surface area contributed by atoms with Gasteiger partial charge in [0.15, 0.2) is 0 Å². The topological polar surface area (TPSA) is 57.5 Å². The Morgan fingerprint density at radius 2 is 1.96 bits per heavy atom. The molecule has 2 N–H and O–H groups in total. The number of carboxylic acid groups (broad SMARTS) is 1. The lowest BCUT2D eigenvalue weighted by Gasteiger charge is -2.58. The number of carbonyl (C=O) groups is 1. The Kier molecular flexibility index (Phi) is 4.14. The number of aliphatic carboxylic acids is 1. The molecule has 0 aromatic rings. The number of allylic oxidation sites excluding steroid dienone is 2. The highest BCUT2D eigenvalue weighted by Gasteiger charge is 2.58. The zero-order chi connectivity index (χ0) is 17.8. The number of aliphatic hydroxyl groups excluding tert-OH is 1. The van der Waals surface area contributed by atoms with Crippen LogP contribution in [0.2, 0.25) is 0 Å². The van der Waals surface area contributed by atoms with Crippen LogP contribution in [0.1, 0.15) is 65.2 Å². The van der Waals surface area contributed by atoms with Gasteiger partial charge in [-0.15, -0.1) is 0 Å². The standard InChI is InChI=1S/C22H32O3/c1-21-12-10-19-17(18(21)7-4-14(21)5-8-20(24)25)6-3-15-13-16(23)9-11-22(15,19)2/h3,5,8,14,16-19,23H,4,6-7,9-13H2,1-2H3,(H,24,25)/b8-5+/t14-,16+,17+,18+,19+,21-,22+/m1/s1. The highest BCUT2D eigenvalue weighted by Crippen LogP contribution is 2.66. The Balaban J connectivity index is 1.61. The van der Waals surface area contributed by atoms with Gasteiger partial charge in [0.1, 0.15) is 0 Å². The molecule has 138 valence electrons. The number of fused-ring (bicyclic) bond motifs is 5. The fourth-order valence-electron chi connectivity index (χ4n) is 7.20. The fourth-order valence-corrected chi connectivity index (χ4v) is 7.20. The van der Waals surface area contributed by atoms with Gasteiger partial charge in [-0.3, -0.25) is 0 Å². The molecule has 3 heteroatoms. The molecule has 3 fully saturated rings. The van der Waals surface area contributed by atoms with Crippen LogP contribution in [0.3, 0.4) is 0 Å². The third-order valence-corrected chi connectivity index (χ3v) is 8.62. The average molecular weight is 344 g/mol. The van der Waals surface area contributed by atoms with Gasteiger partial charge in [-0.25, -0.2) is 4.79 Å². The van der Waals surface area contributed by atoms with Crippen LogP contribution in [0.25, 0.3) is 0 Å². The van der Waals surface area contributed by atoms with Crippen LogP contribution in [-0.2, 0) is 4.79 Å². The average Bonchev–Trinajstić information content (AvgIpc) is 2.90.